The molecule has 2 aromatic rings. The van der Waals surface area contributed by atoms with E-state index >= 15 is 0 Å². The first-order chi connectivity index (χ1) is 11.7. The highest BCUT2D eigenvalue weighted by Gasteiger charge is 2.17. The molecule has 0 atom stereocenters. The molecule has 0 saturated carbocycles. The Morgan fingerprint density at radius 1 is 1.24 bits per heavy atom. The maximum Gasteiger partial charge on any atom is 0.338 e. The largest absolute Gasteiger partial charge is 0.462 e. The Hall–Kier alpha value is -2.46. The normalized spacial score (nSPS) is 11.0. The summed E-state index contributed by atoms with van der Waals surface area (Å²) in [5.41, 5.74) is 1.29. The number of aromatic nitrogens is 1. The molecule has 1 aromatic carbocycles. The molecule has 8 nitrogen and oxygen atoms in total. The summed E-state index contributed by atoms with van der Waals surface area (Å²) >= 11 is 0.941. The van der Waals surface area contributed by atoms with Crippen molar-refractivity contribution in [2.45, 2.75) is 13.8 Å². The number of rotatable bonds is 6. The van der Waals surface area contributed by atoms with Gasteiger partial charge in [0, 0.05) is 5.69 Å². The summed E-state index contributed by atoms with van der Waals surface area (Å²) in [5.74, 6) is -0.851. The summed E-state index contributed by atoms with van der Waals surface area (Å²) in [6, 6.07) is 6.25. The van der Waals surface area contributed by atoms with Gasteiger partial charge in [0.25, 0.3) is 5.91 Å². The summed E-state index contributed by atoms with van der Waals surface area (Å²) in [5, 5.41) is 2.80. The van der Waals surface area contributed by atoms with E-state index < -0.39 is 21.9 Å². The zero-order valence-corrected chi connectivity index (χ0v) is 15.5. The number of carbonyl (C=O) groups excluding carboxylic acids is 2. The highest BCUT2D eigenvalue weighted by molar-refractivity contribution is 7.92. The van der Waals surface area contributed by atoms with E-state index in [1.165, 1.54) is 0 Å². The number of aryl methyl sites for hydroxylation is 1. The number of esters is 1. The van der Waals surface area contributed by atoms with Gasteiger partial charge in [0.15, 0.2) is 5.13 Å². The zero-order chi connectivity index (χ0) is 18.6. The average Bonchev–Trinajstić information content (AvgIpc) is 2.86. The Labute approximate surface area is 149 Å². The molecule has 0 fully saturated rings. The molecule has 0 bridgehead atoms. The second-order valence-corrected chi connectivity index (χ2v) is 7.81. The molecule has 0 spiro atoms. The summed E-state index contributed by atoms with van der Waals surface area (Å²) in [6.07, 6.45) is 1.01. The van der Waals surface area contributed by atoms with E-state index in [9.17, 15) is 18.0 Å². The van der Waals surface area contributed by atoms with Crippen LogP contribution in [0.3, 0.4) is 0 Å². The van der Waals surface area contributed by atoms with Crippen molar-refractivity contribution in [1.82, 2.24) is 4.98 Å². The number of hydrogen-bond acceptors (Lipinski definition) is 7. The predicted molar refractivity (Wildman–Crippen MR) is 95.7 cm³/mol. The summed E-state index contributed by atoms with van der Waals surface area (Å²) in [7, 11) is -3.46. The smallest absolute Gasteiger partial charge is 0.338 e. The van der Waals surface area contributed by atoms with Crippen LogP contribution in [0.15, 0.2) is 24.3 Å². The number of nitrogens with zero attached hydrogens (tertiary/aromatic N) is 1. The van der Waals surface area contributed by atoms with Crippen molar-refractivity contribution in [2.24, 2.45) is 0 Å². The molecule has 1 heterocycles. The first kappa shape index (κ1) is 18.9. The van der Waals surface area contributed by atoms with Crippen LogP contribution in [0.25, 0.3) is 0 Å². The van der Waals surface area contributed by atoms with Crippen LogP contribution in [0.5, 0.6) is 0 Å². The van der Waals surface area contributed by atoms with Crippen LogP contribution < -0.4 is 10.0 Å². The Morgan fingerprint density at radius 3 is 2.44 bits per heavy atom. The zero-order valence-electron chi connectivity index (χ0n) is 13.8. The number of nitrogens with one attached hydrogen (secondary N) is 2. The number of thiazole rings is 1. The maximum atomic E-state index is 12.3. The Bertz CT molecular complexity index is 888. The SMILES string of the molecule is CCOC(=O)c1ccc(NC(=O)c2sc(NS(C)(=O)=O)nc2C)cc1. The topological polar surface area (TPSA) is 114 Å². The van der Waals surface area contributed by atoms with Gasteiger partial charge in [-0.2, -0.15) is 0 Å². The Morgan fingerprint density at radius 2 is 1.88 bits per heavy atom. The second kappa shape index (κ2) is 7.62. The number of hydrogen-bond donors (Lipinski definition) is 2. The molecule has 2 rings (SSSR count). The minimum Gasteiger partial charge on any atom is -0.462 e. The van der Waals surface area contributed by atoms with E-state index in [-0.39, 0.29) is 11.7 Å². The number of amides is 1. The van der Waals surface area contributed by atoms with Crippen LogP contribution in [0.1, 0.15) is 32.6 Å². The van der Waals surface area contributed by atoms with Crippen molar-refractivity contribution in [3.05, 3.63) is 40.4 Å². The fourth-order valence-electron chi connectivity index (χ4n) is 1.90. The van der Waals surface area contributed by atoms with E-state index in [4.69, 9.17) is 4.74 Å². The lowest BCUT2D eigenvalue weighted by Gasteiger charge is -2.05. The van der Waals surface area contributed by atoms with Crippen LogP contribution in [0, 0.1) is 6.92 Å². The molecule has 0 aliphatic rings. The quantitative estimate of drug-likeness (QED) is 0.740. The van der Waals surface area contributed by atoms with Crippen molar-refractivity contribution in [1.29, 1.82) is 0 Å². The summed E-state index contributed by atoms with van der Waals surface area (Å²) < 4.78 is 29.6. The number of carbonyl (C=O) groups is 2. The number of benzene rings is 1. The van der Waals surface area contributed by atoms with Gasteiger partial charge >= 0.3 is 5.97 Å². The van der Waals surface area contributed by atoms with E-state index in [2.05, 4.69) is 15.0 Å². The van der Waals surface area contributed by atoms with Crippen molar-refractivity contribution < 1.29 is 22.7 Å². The van der Waals surface area contributed by atoms with Gasteiger partial charge in [-0.05, 0) is 38.1 Å². The molecule has 0 aliphatic carbocycles. The molecule has 1 amide bonds. The number of ether oxygens (including phenoxy) is 1. The van der Waals surface area contributed by atoms with Crippen LogP contribution in [-0.2, 0) is 14.8 Å². The molecular weight excluding hydrogens is 366 g/mol. The van der Waals surface area contributed by atoms with E-state index in [1.807, 2.05) is 0 Å². The number of anilines is 2. The number of sulfonamides is 1. The third-order valence-electron chi connectivity index (χ3n) is 2.93. The van der Waals surface area contributed by atoms with Crippen LogP contribution in [0.2, 0.25) is 0 Å². The first-order valence-corrected chi connectivity index (χ1v) is 9.94. The fraction of sp³-hybridized carbons (Fsp3) is 0.267. The standard InChI is InChI=1S/C15H17N3O5S2/c1-4-23-14(20)10-5-7-11(8-6-10)17-13(19)12-9(2)16-15(24-12)18-25(3,21)22/h5-8H,4H2,1-3H3,(H,16,18)(H,17,19). The van der Waals surface area contributed by atoms with E-state index in [0.717, 1.165) is 17.6 Å². The monoisotopic (exact) mass is 383 g/mol. The summed E-state index contributed by atoms with van der Waals surface area (Å²) in [4.78, 5) is 28.2. The van der Waals surface area contributed by atoms with Crippen molar-refractivity contribution >= 4 is 44.1 Å². The third-order valence-corrected chi connectivity index (χ3v) is 4.69. The predicted octanol–water partition coefficient (Wildman–Crippen LogP) is 2.25. The Kier molecular flexibility index (Phi) is 5.75. The molecular formula is C15H17N3O5S2. The molecule has 0 aliphatic heterocycles. The molecule has 0 saturated heterocycles. The van der Waals surface area contributed by atoms with Gasteiger partial charge in [0.2, 0.25) is 10.0 Å². The highest BCUT2D eigenvalue weighted by Crippen LogP contribution is 2.24. The van der Waals surface area contributed by atoms with Gasteiger partial charge in [-0.1, -0.05) is 11.3 Å². The molecule has 134 valence electrons. The van der Waals surface area contributed by atoms with Crippen LogP contribution in [0.4, 0.5) is 10.8 Å². The van der Waals surface area contributed by atoms with Gasteiger partial charge in [-0.3, -0.25) is 9.52 Å². The van der Waals surface area contributed by atoms with Gasteiger partial charge in [-0.15, -0.1) is 0 Å². The molecule has 0 unspecified atom stereocenters. The third kappa shape index (κ3) is 5.26. The van der Waals surface area contributed by atoms with Crippen LogP contribution in [-0.4, -0.2) is 38.1 Å². The van der Waals surface area contributed by atoms with E-state index in [1.54, 1.807) is 38.1 Å². The first-order valence-electron chi connectivity index (χ1n) is 7.23. The minimum absolute atomic E-state index is 0.128. The average molecular weight is 383 g/mol. The minimum atomic E-state index is -3.46. The molecule has 1 aromatic heterocycles. The van der Waals surface area contributed by atoms with E-state index in [0.29, 0.717) is 21.8 Å². The van der Waals surface area contributed by atoms with Gasteiger partial charge in [-0.25, -0.2) is 18.2 Å². The van der Waals surface area contributed by atoms with Crippen LogP contribution >= 0.6 is 11.3 Å². The lowest BCUT2D eigenvalue weighted by atomic mass is 10.2. The fourth-order valence-corrected chi connectivity index (χ4v) is 3.60. The highest BCUT2D eigenvalue weighted by atomic mass is 32.2. The maximum absolute atomic E-state index is 12.3. The second-order valence-electron chi connectivity index (χ2n) is 5.06. The molecule has 2 N–H and O–H groups in total. The molecule has 25 heavy (non-hydrogen) atoms. The lowest BCUT2D eigenvalue weighted by Crippen LogP contribution is -2.12. The molecule has 10 heteroatoms. The van der Waals surface area contributed by atoms with Gasteiger partial charge in [0.1, 0.15) is 4.88 Å². The van der Waals surface area contributed by atoms with Gasteiger partial charge < -0.3 is 10.1 Å². The lowest BCUT2D eigenvalue weighted by molar-refractivity contribution is 0.0526. The van der Waals surface area contributed by atoms with Crippen molar-refractivity contribution in [2.75, 3.05) is 22.9 Å². The van der Waals surface area contributed by atoms with Crippen molar-refractivity contribution in [3.63, 3.8) is 0 Å². The van der Waals surface area contributed by atoms with Crippen molar-refractivity contribution in [3.8, 4) is 0 Å². The Balaban J connectivity index is 2.10. The molecule has 0 radical (unpaired) electrons. The van der Waals surface area contributed by atoms with Gasteiger partial charge in [0.05, 0.1) is 24.1 Å². The summed E-state index contributed by atoms with van der Waals surface area (Å²) in [6.45, 7) is 3.62.